The Hall–Kier alpha value is -1.13. The minimum Gasteiger partial charge on any atom is -0.497 e. The highest BCUT2D eigenvalue weighted by atomic mass is 19.1. The first-order chi connectivity index (χ1) is 6.67. The molecule has 3 N–H and O–H groups in total. The predicted molar refractivity (Wildman–Crippen MR) is 51.7 cm³/mol. The fourth-order valence-corrected chi connectivity index (χ4v) is 1.18. The molecule has 0 saturated carbocycles. The van der Waals surface area contributed by atoms with Crippen LogP contribution in [0.4, 0.5) is 4.39 Å². The largest absolute Gasteiger partial charge is 0.497 e. The van der Waals surface area contributed by atoms with Crippen LogP contribution in [-0.4, -0.2) is 24.9 Å². The molecule has 4 heteroatoms. The molecule has 14 heavy (non-hydrogen) atoms. The number of ether oxygens (including phenoxy) is 1. The van der Waals surface area contributed by atoms with Gasteiger partial charge in [-0.2, -0.15) is 0 Å². The van der Waals surface area contributed by atoms with E-state index in [0.29, 0.717) is 17.7 Å². The van der Waals surface area contributed by atoms with Crippen molar-refractivity contribution in [3.8, 4) is 5.75 Å². The molecule has 0 amide bonds. The molecule has 0 radical (unpaired) electrons. The summed E-state index contributed by atoms with van der Waals surface area (Å²) in [6, 6.07) is 4.03. The van der Waals surface area contributed by atoms with E-state index < -0.39 is 6.04 Å². The van der Waals surface area contributed by atoms with Crippen molar-refractivity contribution >= 4 is 0 Å². The number of hydrogen-bond donors (Lipinski definition) is 2. The maximum absolute atomic E-state index is 13.2. The van der Waals surface area contributed by atoms with Crippen molar-refractivity contribution in [1.82, 2.24) is 0 Å². The van der Waals surface area contributed by atoms with Gasteiger partial charge in [0.05, 0.1) is 13.7 Å². The topological polar surface area (TPSA) is 55.5 Å². The molecule has 1 atom stereocenters. The summed E-state index contributed by atoms with van der Waals surface area (Å²) in [4.78, 5) is 0. The van der Waals surface area contributed by atoms with Crippen molar-refractivity contribution in [1.29, 1.82) is 0 Å². The average Bonchev–Trinajstić information content (AvgIpc) is 2.21. The van der Waals surface area contributed by atoms with Gasteiger partial charge >= 0.3 is 0 Å². The molecule has 3 nitrogen and oxygen atoms in total. The summed E-state index contributed by atoms with van der Waals surface area (Å²) < 4.78 is 18.2. The molecule has 1 aromatic rings. The third-order valence-electron chi connectivity index (χ3n) is 1.97. The summed E-state index contributed by atoms with van der Waals surface area (Å²) in [5, 5.41) is 8.73. The quantitative estimate of drug-likeness (QED) is 0.750. The van der Waals surface area contributed by atoms with E-state index in [1.807, 2.05) is 0 Å². The van der Waals surface area contributed by atoms with Crippen LogP contribution in [0.5, 0.6) is 5.75 Å². The first-order valence-electron chi connectivity index (χ1n) is 4.36. The lowest BCUT2D eigenvalue weighted by molar-refractivity contribution is 0.264. The van der Waals surface area contributed by atoms with E-state index >= 15 is 0 Å². The Morgan fingerprint density at radius 2 is 2.29 bits per heavy atom. The van der Waals surface area contributed by atoms with E-state index in [1.54, 1.807) is 12.1 Å². The van der Waals surface area contributed by atoms with Crippen LogP contribution in [0.15, 0.2) is 18.2 Å². The molecule has 1 rings (SSSR count). The van der Waals surface area contributed by atoms with Crippen LogP contribution in [0.3, 0.4) is 0 Å². The highest BCUT2D eigenvalue weighted by molar-refractivity contribution is 5.30. The molecular formula is C10H14FNO2. The Balaban J connectivity index is 2.83. The molecular weight excluding hydrogens is 185 g/mol. The van der Waals surface area contributed by atoms with Crippen molar-refractivity contribution in [3.05, 3.63) is 29.6 Å². The number of halogens is 1. The second kappa shape index (κ2) is 4.93. The van der Waals surface area contributed by atoms with Crippen molar-refractivity contribution in [2.24, 2.45) is 5.73 Å². The van der Waals surface area contributed by atoms with Crippen molar-refractivity contribution < 1.29 is 14.2 Å². The van der Waals surface area contributed by atoms with Gasteiger partial charge in [0.1, 0.15) is 11.6 Å². The normalized spacial score (nSPS) is 12.6. The number of benzene rings is 1. The molecule has 0 saturated heterocycles. The van der Waals surface area contributed by atoms with Gasteiger partial charge in [-0.1, -0.05) is 0 Å². The SMILES string of the molecule is COc1ccc(F)c(CC(N)CO)c1. The van der Waals surface area contributed by atoms with Gasteiger partial charge in [0.25, 0.3) is 0 Å². The minimum absolute atomic E-state index is 0.156. The van der Waals surface area contributed by atoms with Gasteiger partial charge in [-0.15, -0.1) is 0 Å². The Morgan fingerprint density at radius 3 is 2.86 bits per heavy atom. The molecule has 0 bridgehead atoms. The molecule has 0 fully saturated rings. The summed E-state index contributed by atoms with van der Waals surface area (Å²) in [5.74, 6) is 0.265. The zero-order chi connectivity index (χ0) is 10.6. The van der Waals surface area contributed by atoms with Crippen LogP contribution in [0.1, 0.15) is 5.56 Å². The van der Waals surface area contributed by atoms with Gasteiger partial charge in [-0.25, -0.2) is 4.39 Å². The molecule has 1 aromatic carbocycles. The Kier molecular flexibility index (Phi) is 3.85. The van der Waals surface area contributed by atoms with E-state index in [9.17, 15) is 4.39 Å². The van der Waals surface area contributed by atoms with E-state index in [1.165, 1.54) is 13.2 Å². The average molecular weight is 199 g/mol. The summed E-state index contributed by atoms with van der Waals surface area (Å²) >= 11 is 0. The van der Waals surface area contributed by atoms with Gasteiger partial charge in [0, 0.05) is 6.04 Å². The van der Waals surface area contributed by atoms with Gasteiger partial charge < -0.3 is 15.6 Å². The van der Waals surface area contributed by atoms with Gasteiger partial charge in [0.2, 0.25) is 0 Å². The minimum atomic E-state index is -0.434. The van der Waals surface area contributed by atoms with Crippen LogP contribution in [0.2, 0.25) is 0 Å². The van der Waals surface area contributed by atoms with Gasteiger partial charge in [-0.05, 0) is 30.2 Å². The lowest BCUT2D eigenvalue weighted by Gasteiger charge is -2.10. The molecule has 0 aliphatic carbocycles. The van der Waals surface area contributed by atoms with Crippen LogP contribution in [0, 0.1) is 5.82 Å². The summed E-state index contributed by atoms with van der Waals surface area (Å²) in [6.07, 6.45) is 0.305. The Bertz CT molecular complexity index is 304. The van der Waals surface area contributed by atoms with Crippen LogP contribution in [0.25, 0.3) is 0 Å². The maximum Gasteiger partial charge on any atom is 0.126 e. The molecule has 0 aliphatic heterocycles. The highest BCUT2D eigenvalue weighted by Crippen LogP contribution is 2.17. The van der Waals surface area contributed by atoms with Crippen LogP contribution in [-0.2, 0) is 6.42 Å². The lowest BCUT2D eigenvalue weighted by Crippen LogP contribution is -2.27. The standard InChI is InChI=1S/C10H14FNO2/c1-14-9-2-3-10(11)7(5-9)4-8(12)6-13/h2-3,5,8,13H,4,6,12H2,1H3. The number of nitrogens with two attached hydrogens (primary N) is 1. The van der Waals surface area contributed by atoms with Gasteiger partial charge in [-0.3, -0.25) is 0 Å². The van der Waals surface area contributed by atoms with E-state index in [2.05, 4.69) is 0 Å². The Labute approximate surface area is 82.3 Å². The molecule has 1 unspecified atom stereocenters. The van der Waals surface area contributed by atoms with E-state index in [4.69, 9.17) is 15.6 Å². The molecule has 78 valence electrons. The van der Waals surface area contributed by atoms with Crippen molar-refractivity contribution in [2.45, 2.75) is 12.5 Å². The number of aliphatic hydroxyl groups is 1. The molecule has 0 aromatic heterocycles. The number of rotatable bonds is 4. The Morgan fingerprint density at radius 1 is 1.57 bits per heavy atom. The first-order valence-corrected chi connectivity index (χ1v) is 4.36. The summed E-state index contributed by atoms with van der Waals surface area (Å²) in [6.45, 7) is -0.156. The second-order valence-corrected chi connectivity index (χ2v) is 3.10. The summed E-state index contributed by atoms with van der Waals surface area (Å²) in [5.41, 5.74) is 5.97. The maximum atomic E-state index is 13.2. The summed E-state index contributed by atoms with van der Waals surface area (Å²) in [7, 11) is 1.52. The fraction of sp³-hybridized carbons (Fsp3) is 0.400. The fourth-order valence-electron chi connectivity index (χ4n) is 1.18. The first kappa shape index (κ1) is 10.9. The monoisotopic (exact) mass is 199 g/mol. The molecule has 0 heterocycles. The number of hydrogen-bond acceptors (Lipinski definition) is 3. The van der Waals surface area contributed by atoms with Crippen molar-refractivity contribution in [3.63, 3.8) is 0 Å². The van der Waals surface area contributed by atoms with Crippen molar-refractivity contribution in [2.75, 3.05) is 13.7 Å². The number of aliphatic hydroxyl groups excluding tert-OH is 1. The lowest BCUT2D eigenvalue weighted by atomic mass is 10.1. The van der Waals surface area contributed by atoms with Gasteiger partial charge in [0.15, 0.2) is 0 Å². The smallest absolute Gasteiger partial charge is 0.126 e. The highest BCUT2D eigenvalue weighted by Gasteiger charge is 2.08. The molecule has 0 aliphatic rings. The zero-order valence-electron chi connectivity index (χ0n) is 8.03. The third kappa shape index (κ3) is 2.68. The van der Waals surface area contributed by atoms with E-state index in [0.717, 1.165) is 0 Å². The number of methoxy groups -OCH3 is 1. The van der Waals surface area contributed by atoms with Crippen LogP contribution < -0.4 is 10.5 Å². The van der Waals surface area contributed by atoms with E-state index in [-0.39, 0.29) is 12.4 Å². The third-order valence-corrected chi connectivity index (χ3v) is 1.97. The van der Waals surface area contributed by atoms with Crippen LogP contribution >= 0.6 is 0 Å². The zero-order valence-corrected chi connectivity index (χ0v) is 8.03. The predicted octanol–water partition coefficient (Wildman–Crippen LogP) is 0.696. The second-order valence-electron chi connectivity index (χ2n) is 3.10. The molecule has 0 spiro atoms.